The summed E-state index contributed by atoms with van der Waals surface area (Å²) in [7, 11) is -3.37. The van der Waals surface area contributed by atoms with E-state index in [0.717, 1.165) is 4.88 Å². The van der Waals surface area contributed by atoms with Gasteiger partial charge in [0.15, 0.2) is 33.4 Å². The highest BCUT2D eigenvalue weighted by molar-refractivity contribution is 7.92. The molecule has 43 heavy (non-hydrogen) atoms. The van der Waals surface area contributed by atoms with Crippen LogP contribution in [0.5, 0.6) is 0 Å². The van der Waals surface area contributed by atoms with E-state index >= 15 is 0 Å². The number of sulfone groups is 1. The molecule has 1 aromatic heterocycles. The van der Waals surface area contributed by atoms with Gasteiger partial charge in [-0.15, -0.1) is 11.3 Å². The third-order valence-corrected chi connectivity index (χ3v) is 10.6. The van der Waals surface area contributed by atoms with Crippen LogP contribution in [0.2, 0.25) is 0 Å². The summed E-state index contributed by atoms with van der Waals surface area (Å²) >= 11 is 1.33. The number of ether oxygens (including phenoxy) is 2. The van der Waals surface area contributed by atoms with E-state index in [1.807, 2.05) is 6.92 Å². The molecule has 15 heteroatoms. The van der Waals surface area contributed by atoms with Crippen molar-refractivity contribution in [2.24, 2.45) is 5.16 Å². The predicted molar refractivity (Wildman–Crippen MR) is 157 cm³/mol. The van der Waals surface area contributed by atoms with Crippen molar-refractivity contribution in [3.8, 4) is 0 Å². The maximum absolute atomic E-state index is 13.4. The van der Waals surface area contributed by atoms with Crippen LogP contribution < -0.4 is 5.32 Å². The van der Waals surface area contributed by atoms with Gasteiger partial charge in [-0.05, 0) is 31.9 Å². The van der Waals surface area contributed by atoms with Crippen LogP contribution in [0.25, 0.3) is 0 Å². The average molecular weight is 634 g/mol. The van der Waals surface area contributed by atoms with Gasteiger partial charge in [-0.2, -0.15) is 0 Å². The normalized spacial score (nSPS) is 21.4. The minimum absolute atomic E-state index is 0.00221. The Bertz CT molecular complexity index is 1470. The smallest absolute Gasteiger partial charge is 0.303 e. The number of piperazine rings is 1. The Labute approximate surface area is 254 Å². The average Bonchev–Trinajstić information content (AvgIpc) is 3.56. The zero-order valence-electron chi connectivity index (χ0n) is 24.1. The number of esters is 1. The van der Waals surface area contributed by atoms with E-state index in [9.17, 15) is 22.8 Å². The first-order valence-electron chi connectivity index (χ1n) is 14.2. The van der Waals surface area contributed by atoms with Gasteiger partial charge >= 0.3 is 5.97 Å². The van der Waals surface area contributed by atoms with Gasteiger partial charge in [-0.25, -0.2) is 13.4 Å². The second-order valence-corrected chi connectivity index (χ2v) is 14.2. The molecule has 1 N–H and O–H groups in total. The molecule has 1 saturated carbocycles. The number of aromatic nitrogens is 1. The molecule has 2 atom stereocenters. The van der Waals surface area contributed by atoms with Crippen LogP contribution in [-0.2, 0) is 45.1 Å². The van der Waals surface area contributed by atoms with Gasteiger partial charge in [0.05, 0.1) is 23.4 Å². The van der Waals surface area contributed by atoms with Gasteiger partial charge in [-0.1, -0.05) is 17.3 Å². The molecule has 0 bridgehead atoms. The fourth-order valence-corrected chi connectivity index (χ4v) is 7.44. The van der Waals surface area contributed by atoms with Crippen LogP contribution in [-0.4, -0.2) is 104 Å². The van der Waals surface area contributed by atoms with Gasteiger partial charge in [0.2, 0.25) is 0 Å². The minimum Gasteiger partial charge on any atom is -0.456 e. The number of thiazole rings is 1. The number of hydrogen-bond donors (Lipinski definition) is 1. The van der Waals surface area contributed by atoms with Gasteiger partial charge in [0.25, 0.3) is 11.8 Å². The molecule has 13 nitrogen and oxygen atoms in total. The molecule has 2 aromatic rings. The lowest BCUT2D eigenvalue weighted by atomic mass is 10.1. The van der Waals surface area contributed by atoms with Crippen molar-refractivity contribution in [3.63, 3.8) is 0 Å². The maximum atomic E-state index is 13.4. The molecule has 3 heterocycles. The number of rotatable bonds is 11. The van der Waals surface area contributed by atoms with Crippen molar-refractivity contribution in [3.05, 3.63) is 40.9 Å². The molecule has 0 radical (unpaired) electrons. The number of nitrogens with zero attached hydrogens (tertiary/aromatic N) is 4. The van der Waals surface area contributed by atoms with E-state index in [1.54, 1.807) is 23.2 Å². The number of anilines is 1. The Morgan fingerprint density at radius 2 is 1.93 bits per heavy atom. The van der Waals surface area contributed by atoms with Crippen molar-refractivity contribution >= 4 is 49.8 Å². The minimum atomic E-state index is -3.37. The zero-order chi connectivity index (χ0) is 30.6. The van der Waals surface area contributed by atoms with Gasteiger partial charge in [-0.3, -0.25) is 24.6 Å². The highest BCUT2D eigenvalue weighted by Gasteiger charge is 2.37. The molecule has 2 aliphatic heterocycles. The predicted octanol–water partition coefficient (Wildman–Crippen LogP) is 1.82. The van der Waals surface area contributed by atoms with Crippen molar-refractivity contribution < 1.29 is 37.1 Å². The lowest BCUT2D eigenvalue weighted by Crippen LogP contribution is -2.54. The second kappa shape index (κ2) is 13.5. The molecule has 5 rings (SSSR count). The van der Waals surface area contributed by atoms with Gasteiger partial charge in [0.1, 0.15) is 0 Å². The van der Waals surface area contributed by atoms with E-state index in [4.69, 9.17) is 14.3 Å². The largest absolute Gasteiger partial charge is 0.456 e. The number of carbonyl (C=O) groups is 3. The quantitative estimate of drug-likeness (QED) is 0.220. The third-order valence-electron chi connectivity index (χ3n) is 7.40. The van der Waals surface area contributed by atoms with Crippen molar-refractivity contribution in [2.75, 3.05) is 44.8 Å². The zero-order valence-corrected chi connectivity index (χ0v) is 25.7. The summed E-state index contributed by atoms with van der Waals surface area (Å²) in [4.78, 5) is 51.8. The number of oxime groups is 1. The fourth-order valence-electron chi connectivity index (χ4n) is 4.93. The molecule has 0 spiro atoms. The molecule has 3 aliphatic rings. The van der Waals surface area contributed by atoms with E-state index < -0.39 is 21.7 Å². The highest BCUT2D eigenvalue weighted by Crippen LogP contribution is 2.33. The van der Waals surface area contributed by atoms with Crippen LogP contribution in [0.1, 0.15) is 43.6 Å². The first-order valence-corrected chi connectivity index (χ1v) is 16.5. The Kier molecular flexibility index (Phi) is 9.74. The Balaban J connectivity index is 1.21. The first kappa shape index (κ1) is 31.0. The van der Waals surface area contributed by atoms with Crippen molar-refractivity contribution in [2.45, 2.75) is 61.9 Å². The highest BCUT2D eigenvalue weighted by atomic mass is 32.2. The van der Waals surface area contributed by atoms with E-state index in [0.29, 0.717) is 69.4 Å². The number of benzene rings is 1. The number of amides is 2. The summed E-state index contributed by atoms with van der Waals surface area (Å²) in [6.45, 7) is 6.27. The fraction of sp³-hybridized carbons (Fsp3) is 0.536. The van der Waals surface area contributed by atoms with E-state index in [-0.39, 0.29) is 40.5 Å². The standard InChI is InChI=1S/C28H35N5O8S2/c1-18-14-32(10-11-33(18)25(35)17-40-19(2)34)15-22-13-29-28(42-22)30-27(36)26(31-41-21-9-12-39-16-21)20-3-5-23(6-4-20)43(37,38)24-7-8-24/h3-6,13,18,21,24H,7-12,14-17H2,1-2H3,(H,29,30,36)/t18-,21+/m0/s1. The Hall–Kier alpha value is -3.40. The van der Waals surface area contributed by atoms with E-state index in [2.05, 4.69) is 20.4 Å². The summed E-state index contributed by atoms with van der Waals surface area (Å²) in [5, 5.41) is 6.99. The molecule has 0 unspecified atom stereocenters. The van der Waals surface area contributed by atoms with E-state index in [1.165, 1.54) is 30.4 Å². The lowest BCUT2D eigenvalue weighted by Gasteiger charge is -2.39. The van der Waals surface area contributed by atoms with Gasteiger partial charge in [0, 0.05) is 62.2 Å². The Morgan fingerprint density at radius 3 is 2.58 bits per heavy atom. The van der Waals surface area contributed by atoms with Crippen LogP contribution in [0, 0.1) is 0 Å². The molecule has 1 aliphatic carbocycles. The Morgan fingerprint density at radius 1 is 1.16 bits per heavy atom. The topological polar surface area (TPSA) is 157 Å². The summed E-state index contributed by atoms with van der Waals surface area (Å²) in [6.07, 6.45) is 3.41. The molecule has 2 saturated heterocycles. The summed E-state index contributed by atoms with van der Waals surface area (Å²) in [5.41, 5.74) is 0.417. The summed E-state index contributed by atoms with van der Waals surface area (Å²) < 4.78 is 35.4. The number of nitrogens with one attached hydrogen (secondary N) is 1. The lowest BCUT2D eigenvalue weighted by molar-refractivity contribution is -0.152. The summed E-state index contributed by atoms with van der Waals surface area (Å²) in [6, 6.07) is 6.06. The molecule has 3 fully saturated rings. The van der Waals surface area contributed by atoms with Crippen LogP contribution in [0.3, 0.4) is 0 Å². The first-order chi connectivity index (χ1) is 20.6. The van der Waals surface area contributed by atoms with Gasteiger partial charge < -0.3 is 19.2 Å². The SMILES string of the molecule is CC(=O)OCC(=O)N1CCN(Cc2cnc(NC(=O)C(=NO[C@@H]3CCOC3)c3ccc(S(=O)(=O)C4CC4)cc3)s2)C[C@@H]1C. The maximum Gasteiger partial charge on any atom is 0.303 e. The molecular weight excluding hydrogens is 598 g/mol. The van der Waals surface area contributed by atoms with Crippen LogP contribution in [0.15, 0.2) is 40.5 Å². The number of carbonyl (C=O) groups excluding carboxylic acids is 3. The molecule has 232 valence electrons. The van der Waals surface area contributed by atoms with Crippen LogP contribution >= 0.6 is 11.3 Å². The van der Waals surface area contributed by atoms with Crippen molar-refractivity contribution in [1.29, 1.82) is 0 Å². The third kappa shape index (κ3) is 7.96. The van der Waals surface area contributed by atoms with Crippen LogP contribution in [0.4, 0.5) is 5.13 Å². The molecule has 1 aromatic carbocycles. The summed E-state index contributed by atoms with van der Waals surface area (Å²) in [5.74, 6) is -1.24. The second-order valence-electron chi connectivity index (χ2n) is 10.8. The van der Waals surface area contributed by atoms with Crippen molar-refractivity contribution in [1.82, 2.24) is 14.8 Å². The molecular formula is C28H35N5O8S2. The molecule has 2 amide bonds. The number of hydrogen-bond acceptors (Lipinski definition) is 12. The monoisotopic (exact) mass is 633 g/mol.